The zero-order chi connectivity index (χ0) is 18.5. The van der Waals surface area contributed by atoms with E-state index in [4.69, 9.17) is 27.9 Å². The van der Waals surface area contributed by atoms with Gasteiger partial charge in [0, 0.05) is 50.1 Å². The fraction of sp³-hybridized carbons (Fsp3) is 0.368. The Morgan fingerprint density at radius 1 is 1.15 bits per heavy atom. The molecule has 0 saturated carbocycles. The number of carbonyl (C=O) groups excluding carboxylic acids is 1. The number of amides is 1. The highest BCUT2D eigenvalue weighted by molar-refractivity contribution is 6.35. The van der Waals surface area contributed by atoms with Crippen molar-refractivity contribution in [3.05, 3.63) is 58.3 Å². The van der Waals surface area contributed by atoms with Gasteiger partial charge in [0.15, 0.2) is 6.10 Å². The van der Waals surface area contributed by atoms with E-state index in [1.807, 2.05) is 17.0 Å². The predicted molar refractivity (Wildman–Crippen MR) is 103 cm³/mol. The van der Waals surface area contributed by atoms with E-state index in [1.165, 1.54) is 5.56 Å². The summed E-state index contributed by atoms with van der Waals surface area (Å²) in [7, 11) is 0. The third kappa shape index (κ3) is 4.87. The number of nitrogens with zero attached hydrogens (tertiary/aromatic N) is 3. The maximum absolute atomic E-state index is 12.7. The highest BCUT2D eigenvalue weighted by Gasteiger charge is 2.26. The third-order valence-electron chi connectivity index (χ3n) is 4.38. The summed E-state index contributed by atoms with van der Waals surface area (Å²) in [5, 5.41) is 0.936. The van der Waals surface area contributed by atoms with Crippen LogP contribution in [0.1, 0.15) is 12.5 Å². The summed E-state index contributed by atoms with van der Waals surface area (Å²) in [5.74, 6) is 0.438. The van der Waals surface area contributed by atoms with E-state index in [0.29, 0.717) is 28.9 Å². The molecule has 1 aromatic carbocycles. The number of pyridine rings is 1. The van der Waals surface area contributed by atoms with E-state index in [0.717, 1.165) is 19.6 Å². The molecule has 26 heavy (non-hydrogen) atoms. The quantitative estimate of drug-likeness (QED) is 0.779. The smallest absolute Gasteiger partial charge is 0.263 e. The Bertz CT molecular complexity index is 750. The lowest BCUT2D eigenvalue weighted by Gasteiger charge is -2.35. The summed E-state index contributed by atoms with van der Waals surface area (Å²) < 4.78 is 5.74. The van der Waals surface area contributed by atoms with Crippen molar-refractivity contribution in [2.45, 2.75) is 19.6 Å². The van der Waals surface area contributed by atoms with Crippen LogP contribution < -0.4 is 4.74 Å². The molecule has 1 aromatic heterocycles. The molecule has 5 nitrogen and oxygen atoms in total. The van der Waals surface area contributed by atoms with Gasteiger partial charge < -0.3 is 9.64 Å². The predicted octanol–water partition coefficient (Wildman–Crippen LogP) is 3.50. The van der Waals surface area contributed by atoms with Crippen molar-refractivity contribution in [3.63, 3.8) is 0 Å². The van der Waals surface area contributed by atoms with Crippen LogP contribution in [0.5, 0.6) is 5.75 Å². The Balaban J connectivity index is 1.51. The van der Waals surface area contributed by atoms with Gasteiger partial charge in [-0.25, -0.2) is 0 Å². The zero-order valence-corrected chi connectivity index (χ0v) is 16.1. The largest absolute Gasteiger partial charge is 0.479 e. The molecule has 1 aliphatic rings. The molecular weight excluding hydrogens is 373 g/mol. The number of carbonyl (C=O) groups is 1. The van der Waals surface area contributed by atoms with Crippen molar-refractivity contribution >= 4 is 29.1 Å². The van der Waals surface area contributed by atoms with Crippen molar-refractivity contribution in [1.29, 1.82) is 0 Å². The zero-order valence-electron chi connectivity index (χ0n) is 14.6. The van der Waals surface area contributed by atoms with E-state index in [-0.39, 0.29) is 5.91 Å². The molecule has 0 spiro atoms. The second kappa shape index (κ2) is 8.71. The first-order valence-electron chi connectivity index (χ1n) is 8.54. The molecule has 0 aliphatic carbocycles. The van der Waals surface area contributed by atoms with Gasteiger partial charge in [-0.2, -0.15) is 0 Å². The molecule has 0 N–H and O–H groups in total. The van der Waals surface area contributed by atoms with Crippen molar-refractivity contribution in [3.8, 4) is 5.75 Å². The highest BCUT2D eigenvalue weighted by atomic mass is 35.5. The number of rotatable bonds is 5. The third-order valence-corrected chi connectivity index (χ3v) is 4.92. The van der Waals surface area contributed by atoms with Crippen LogP contribution >= 0.6 is 23.2 Å². The number of hydrogen-bond donors (Lipinski definition) is 0. The van der Waals surface area contributed by atoms with Gasteiger partial charge in [0.2, 0.25) is 0 Å². The first kappa shape index (κ1) is 19.0. The summed E-state index contributed by atoms with van der Waals surface area (Å²) in [6, 6.07) is 9.01. The van der Waals surface area contributed by atoms with E-state index in [9.17, 15) is 4.79 Å². The van der Waals surface area contributed by atoms with Gasteiger partial charge in [-0.3, -0.25) is 14.7 Å². The van der Waals surface area contributed by atoms with E-state index >= 15 is 0 Å². The van der Waals surface area contributed by atoms with E-state index < -0.39 is 6.10 Å². The highest BCUT2D eigenvalue weighted by Crippen LogP contribution is 2.28. The number of benzene rings is 1. The second-order valence-corrected chi connectivity index (χ2v) is 7.14. The van der Waals surface area contributed by atoms with Gasteiger partial charge in [0.05, 0.1) is 5.02 Å². The second-order valence-electron chi connectivity index (χ2n) is 6.29. The fourth-order valence-corrected chi connectivity index (χ4v) is 3.39. The minimum atomic E-state index is -0.597. The van der Waals surface area contributed by atoms with Crippen molar-refractivity contribution < 1.29 is 9.53 Å². The number of ether oxygens (including phenoxy) is 1. The van der Waals surface area contributed by atoms with Crippen LogP contribution in [0.2, 0.25) is 10.0 Å². The molecule has 0 bridgehead atoms. The van der Waals surface area contributed by atoms with Crippen LogP contribution in [0.4, 0.5) is 0 Å². The molecule has 138 valence electrons. The molecular formula is C19H21Cl2N3O2. The van der Waals surface area contributed by atoms with Crippen LogP contribution in [-0.4, -0.2) is 53.0 Å². The fourth-order valence-electron chi connectivity index (χ4n) is 2.94. The number of piperazine rings is 1. The maximum atomic E-state index is 12.7. The normalized spacial score (nSPS) is 16.3. The minimum absolute atomic E-state index is 0.0282. The summed E-state index contributed by atoms with van der Waals surface area (Å²) in [4.78, 5) is 20.9. The first-order valence-corrected chi connectivity index (χ1v) is 9.30. The van der Waals surface area contributed by atoms with Crippen LogP contribution in [0.3, 0.4) is 0 Å². The molecule has 2 heterocycles. The average molecular weight is 394 g/mol. The Kier molecular flexibility index (Phi) is 6.35. The van der Waals surface area contributed by atoms with E-state index in [1.54, 1.807) is 37.5 Å². The molecule has 7 heteroatoms. The lowest BCUT2D eigenvalue weighted by atomic mass is 10.2. The molecule has 1 atom stereocenters. The number of aromatic nitrogens is 1. The van der Waals surface area contributed by atoms with Crippen LogP contribution in [0.25, 0.3) is 0 Å². The summed E-state index contributed by atoms with van der Waals surface area (Å²) in [5.41, 5.74) is 1.23. The molecule has 1 saturated heterocycles. The Labute approximate surface area is 163 Å². The summed E-state index contributed by atoms with van der Waals surface area (Å²) >= 11 is 12.0. The Morgan fingerprint density at radius 3 is 2.50 bits per heavy atom. The maximum Gasteiger partial charge on any atom is 0.263 e. The average Bonchev–Trinajstić information content (AvgIpc) is 2.65. The first-order chi connectivity index (χ1) is 12.5. The molecule has 1 aliphatic heterocycles. The lowest BCUT2D eigenvalue weighted by molar-refractivity contribution is -0.139. The van der Waals surface area contributed by atoms with Gasteiger partial charge in [0.1, 0.15) is 5.75 Å². The van der Waals surface area contributed by atoms with E-state index in [2.05, 4.69) is 9.88 Å². The molecule has 3 rings (SSSR count). The molecule has 0 radical (unpaired) electrons. The SMILES string of the molecule is CC(Oc1ccc(Cl)cc1Cl)C(=O)N1CCN(Cc2ccncc2)CC1. The van der Waals surface area contributed by atoms with Crippen molar-refractivity contribution in [2.24, 2.45) is 0 Å². The van der Waals surface area contributed by atoms with Gasteiger partial charge in [-0.05, 0) is 42.8 Å². The topological polar surface area (TPSA) is 45.7 Å². The lowest BCUT2D eigenvalue weighted by Crippen LogP contribution is -2.51. The van der Waals surface area contributed by atoms with Crippen LogP contribution in [0.15, 0.2) is 42.7 Å². The number of halogens is 2. The number of hydrogen-bond acceptors (Lipinski definition) is 4. The Hall–Kier alpha value is -1.82. The van der Waals surface area contributed by atoms with Gasteiger partial charge >= 0.3 is 0 Å². The molecule has 1 amide bonds. The molecule has 2 aromatic rings. The van der Waals surface area contributed by atoms with Crippen molar-refractivity contribution in [2.75, 3.05) is 26.2 Å². The Morgan fingerprint density at radius 2 is 1.85 bits per heavy atom. The van der Waals surface area contributed by atoms with Gasteiger partial charge in [0.25, 0.3) is 5.91 Å². The molecule has 1 unspecified atom stereocenters. The minimum Gasteiger partial charge on any atom is -0.479 e. The standard InChI is InChI=1S/C19H21Cl2N3O2/c1-14(26-18-3-2-16(20)12-17(18)21)19(25)24-10-8-23(9-11-24)13-15-4-6-22-7-5-15/h2-7,12,14H,8-11,13H2,1H3. The van der Waals surface area contributed by atoms with Crippen LogP contribution in [-0.2, 0) is 11.3 Å². The van der Waals surface area contributed by atoms with Crippen molar-refractivity contribution in [1.82, 2.24) is 14.8 Å². The van der Waals surface area contributed by atoms with Gasteiger partial charge in [-0.1, -0.05) is 23.2 Å². The molecule has 1 fully saturated rings. The summed E-state index contributed by atoms with van der Waals surface area (Å²) in [6.45, 7) is 5.66. The monoisotopic (exact) mass is 393 g/mol. The van der Waals surface area contributed by atoms with Crippen LogP contribution in [0, 0.1) is 0 Å². The summed E-state index contributed by atoms with van der Waals surface area (Å²) in [6.07, 6.45) is 3.01. The van der Waals surface area contributed by atoms with Gasteiger partial charge in [-0.15, -0.1) is 0 Å².